The second-order valence-electron chi connectivity index (χ2n) is 1.11. The first kappa shape index (κ1) is 5.33. The van der Waals surface area contributed by atoms with Gasteiger partial charge in [0.15, 0.2) is 0 Å². The van der Waals surface area contributed by atoms with Crippen LogP contribution in [0.2, 0.25) is 0 Å². The van der Waals surface area contributed by atoms with E-state index in [4.69, 9.17) is 0 Å². The summed E-state index contributed by atoms with van der Waals surface area (Å²) in [5, 5.41) is 20.1. The number of quaternary nitrogens is 1. The average Bonchev–Trinajstić information content (AvgIpc) is 1.84. The predicted octanol–water partition coefficient (Wildman–Crippen LogP) is 0.392. The van der Waals surface area contributed by atoms with E-state index in [1.807, 2.05) is 0 Å². The molecule has 0 radical (unpaired) electrons. The summed E-state index contributed by atoms with van der Waals surface area (Å²) in [5.74, 6) is 0.507. The summed E-state index contributed by atoms with van der Waals surface area (Å²) in [6.07, 6.45) is 0. The van der Waals surface area contributed by atoms with Gasteiger partial charge in [-0.15, -0.1) is 0 Å². The summed E-state index contributed by atoms with van der Waals surface area (Å²) in [7, 11) is 0. The molecule has 7 heavy (non-hydrogen) atoms. The lowest BCUT2D eigenvalue weighted by molar-refractivity contribution is -0.907. The fourth-order valence-corrected chi connectivity index (χ4v) is 0.857. The smallest absolute Gasteiger partial charge is 0.123 e. The molecule has 1 aliphatic rings. The van der Waals surface area contributed by atoms with Gasteiger partial charge in [-0.05, 0) is 0 Å². The summed E-state index contributed by atoms with van der Waals surface area (Å²) < 4.78 is -1.83. The maximum absolute atomic E-state index is 10.0. The van der Waals surface area contributed by atoms with Gasteiger partial charge in [0.1, 0.15) is 18.6 Å². The average molecular weight is 122 g/mol. The summed E-state index contributed by atoms with van der Waals surface area (Å²) in [5.41, 5.74) is 0. The number of rotatable bonds is 0. The molecule has 0 saturated carbocycles. The van der Waals surface area contributed by atoms with Crippen LogP contribution in [0.5, 0.6) is 0 Å². The first-order valence-corrected chi connectivity index (χ1v) is 2.75. The molecule has 0 bridgehead atoms. The van der Waals surface area contributed by atoms with E-state index >= 15 is 0 Å². The van der Waals surface area contributed by atoms with Crippen LogP contribution in [0.4, 0.5) is 0 Å². The highest BCUT2D eigenvalue weighted by molar-refractivity contribution is 7.93. The fraction of sp³-hybridized carbons (Fsp3) is 1.00. The van der Waals surface area contributed by atoms with Crippen LogP contribution < -0.4 is 0 Å². The highest BCUT2D eigenvalue weighted by Crippen LogP contribution is 2.25. The molecule has 0 aromatic heterocycles. The van der Waals surface area contributed by atoms with Crippen LogP contribution in [0, 0.1) is 10.4 Å². The molecular formula is C2H4NO3S-. The van der Waals surface area contributed by atoms with Crippen LogP contribution in [0.3, 0.4) is 0 Å². The van der Waals surface area contributed by atoms with Crippen molar-refractivity contribution in [3.63, 3.8) is 0 Å². The maximum Gasteiger partial charge on any atom is 0.123 e. The van der Waals surface area contributed by atoms with Crippen molar-refractivity contribution >= 4 is 11.9 Å². The van der Waals surface area contributed by atoms with Gasteiger partial charge < -0.3 is 10.4 Å². The zero-order valence-corrected chi connectivity index (χ0v) is 4.31. The van der Waals surface area contributed by atoms with Gasteiger partial charge in [0.05, 0.1) is 5.75 Å². The van der Waals surface area contributed by atoms with Crippen LogP contribution >= 0.6 is 11.9 Å². The SMILES string of the molecule is [O-][N+]1([O-])OCCS1. The van der Waals surface area contributed by atoms with Crippen molar-refractivity contribution in [2.45, 2.75) is 0 Å². The van der Waals surface area contributed by atoms with E-state index < -0.39 is 4.38 Å². The van der Waals surface area contributed by atoms with E-state index in [2.05, 4.69) is 4.84 Å². The molecule has 0 aliphatic carbocycles. The molecule has 0 aromatic carbocycles. The Kier molecular flexibility index (Phi) is 1.22. The summed E-state index contributed by atoms with van der Waals surface area (Å²) in [4.78, 5) is 4.13. The van der Waals surface area contributed by atoms with E-state index in [0.29, 0.717) is 17.7 Å². The first-order chi connectivity index (χ1) is 3.21. The largest absolute Gasteiger partial charge is 0.585 e. The van der Waals surface area contributed by atoms with Gasteiger partial charge in [-0.25, -0.2) is 0 Å². The van der Waals surface area contributed by atoms with Crippen molar-refractivity contribution < 1.29 is 9.22 Å². The molecule has 0 aromatic rings. The van der Waals surface area contributed by atoms with Crippen molar-refractivity contribution in [3.05, 3.63) is 10.4 Å². The second kappa shape index (κ2) is 1.61. The minimum absolute atomic E-state index is 0.275. The molecule has 1 aliphatic heterocycles. The van der Waals surface area contributed by atoms with Gasteiger partial charge in [0.2, 0.25) is 0 Å². The van der Waals surface area contributed by atoms with Crippen LogP contribution in [0.25, 0.3) is 0 Å². The van der Waals surface area contributed by atoms with Gasteiger partial charge >= 0.3 is 0 Å². The Hall–Kier alpha value is 0.190. The highest BCUT2D eigenvalue weighted by Gasteiger charge is 2.16. The molecule has 42 valence electrons. The molecule has 1 rings (SSSR count). The third kappa shape index (κ3) is 1.29. The Morgan fingerprint density at radius 3 is 2.43 bits per heavy atom. The number of nitrogens with zero attached hydrogens (tertiary/aromatic N) is 1. The summed E-state index contributed by atoms with van der Waals surface area (Å²) in [6, 6.07) is 0. The van der Waals surface area contributed by atoms with Crippen LogP contribution in [0.1, 0.15) is 0 Å². The van der Waals surface area contributed by atoms with Crippen molar-refractivity contribution in [1.82, 2.24) is 0 Å². The van der Waals surface area contributed by atoms with E-state index in [9.17, 15) is 10.4 Å². The van der Waals surface area contributed by atoms with E-state index in [1.54, 1.807) is 0 Å². The topological polar surface area (TPSA) is 55.3 Å². The van der Waals surface area contributed by atoms with E-state index in [1.165, 1.54) is 0 Å². The minimum atomic E-state index is -1.83. The molecular weight excluding hydrogens is 118 g/mol. The molecule has 0 atom stereocenters. The first-order valence-electron chi connectivity index (χ1n) is 1.81. The molecule has 0 N–H and O–H groups in total. The number of hydrogen-bond acceptors (Lipinski definition) is 4. The molecule has 0 unspecified atom stereocenters. The quantitative estimate of drug-likeness (QED) is 0.265. The van der Waals surface area contributed by atoms with Crippen molar-refractivity contribution in [2.24, 2.45) is 0 Å². The Morgan fingerprint density at radius 2 is 2.29 bits per heavy atom. The standard InChI is InChI=1S/C2H4NO3S/c4-3(5)6-1-2-7-3/h1-2H2/q-1. The molecule has 1 heterocycles. The molecule has 1 fully saturated rings. The predicted molar refractivity (Wildman–Crippen MR) is 25.4 cm³/mol. The molecule has 5 heteroatoms. The van der Waals surface area contributed by atoms with E-state index in [-0.39, 0.29) is 6.61 Å². The zero-order valence-electron chi connectivity index (χ0n) is 3.49. The molecule has 4 nitrogen and oxygen atoms in total. The summed E-state index contributed by atoms with van der Waals surface area (Å²) >= 11 is 0.704. The second-order valence-corrected chi connectivity index (χ2v) is 2.23. The minimum Gasteiger partial charge on any atom is -0.585 e. The third-order valence-corrected chi connectivity index (χ3v) is 1.35. The van der Waals surface area contributed by atoms with Gasteiger partial charge in [0, 0.05) is 0 Å². The Labute approximate surface area is 44.9 Å². The molecule has 0 spiro atoms. The van der Waals surface area contributed by atoms with Crippen LogP contribution in [0.15, 0.2) is 0 Å². The van der Waals surface area contributed by atoms with Gasteiger partial charge in [-0.2, -0.15) is 9.22 Å². The lowest BCUT2D eigenvalue weighted by Gasteiger charge is -2.33. The maximum atomic E-state index is 10.0. The van der Waals surface area contributed by atoms with Crippen molar-refractivity contribution in [2.75, 3.05) is 12.4 Å². The normalized spacial score (nSPS) is 28.3. The Bertz CT molecular complexity index is 67.3. The van der Waals surface area contributed by atoms with Crippen molar-refractivity contribution in [1.29, 1.82) is 0 Å². The lowest BCUT2D eigenvalue weighted by Crippen LogP contribution is -2.20. The monoisotopic (exact) mass is 122 g/mol. The van der Waals surface area contributed by atoms with Crippen LogP contribution in [-0.2, 0) is 4.84 Å². The van der Waals surface area contributed by atoms with Gasteiger partial charge in [-0.3, -0.25) is 0 Å². The molecule has 0 amide bonds. The van der Waals surface area contributed by atoms with Gasteiger partial charge in [-0.1, -0.05) is 0 Å². The number of hydrogen-bond donors (Lipinski definition) is 0. The van der Waals surface area contributed by atoms with Crippen molar-refractivity contribution in [3.8, 4) is 0 Å². The van der Waals surface area contributed by atoms with E-state index in [0.717, 1.165) is 0 Å². The zero-order chi connectivity index (χ0) is 5.33. The Balaban J connectivity index is 2.40. The molecule has 1 saturated heterocycles. The third-order valence-electron chi connectivity index (χ3n) is 0.582. The summed E-state index contributed by atoms with van der Waals surface area (Å²) in [6.45, 7) is 0.275. The van der Waals surface area contributed by atoms with Crippen LogP contribution in [-0.4, -0.2) is 16.7 Å². The lowest BCUT2D eigenvalue weighted by atomic mass is 10.9. The van der Waals surface area contributed by atoms with Gasteiger partial charge in [0.25, 0.3) is 0 Å². The fourth-order valence-electron chi connectivity index (χ4n) is 0.335. The highest BCUT2D eigenvalue weighted by atomic mass is 32.2. The Morgan fingerprint density at radius 1 is 1.57 bits per heavy atom.